The van der Waals surface area contributed by atoms with E-state index in [0.717, 1.165) is 62.0 Å². The van der Waals surface area contributed by atoms with Crippen LogP contribution in [-0.2, 0) is 11.0 Å². The fourth-order valence-electron chi connectivity index (χ4n) is 7.02. The van der Waals surface area contributed by atoms with Crippen molar-refractivity contribution in [3.05, 3.63) is 169 Å². The molecule has 0 spiro atoms. The van der Waals surface area contributed by atoms with Gasteiger partial charge < -0.3 is 14.2 Å². The number of hydrogen-bond donors (Lipinski definition) is 0. The van der Waals surface area contributed by atoms with Crippen LogP contribution in [0.3, 0.4) is 0 Å². The Bertz CT molecular complexity index is 2350. The molecule has 6 aromatic carbocycles. The average Bonchev–Trinajstić information content (AvgIpc) is 3.15. The largest absolute Gasteiger partial charge is 0.453 e. The summed E-state index contributed by atoms with van der Waals surface area (Å²) in [6.45, 7) is 0. The van der Waals surface area contributed by atoms with Gasteiger partial charge in [0.15, 0.2) is 18.6 Å². The number of hydrogen-bond acceptors (Lipinski definition) is 4. The molecule has 1 aromatic heterocycles. The first-order valence-corrected chi connectivity index (χ1v) is 17.5. The van der Waals surface area contributed by atoms with Gasteiger partial charge in [-0.3, -0.25) is 4.98 Å². The summed E-state index contributed by atoms with van der Waals surface area (Å²) < 4.78 is 22.0. The van der Waals surface area contributed by atoms with E-state index in [1.54, 1.807) is 6.20 Å². The lowest BCUT2D eigenvalue weighted by Crippen LogP contribution is -2.25. The van der Waals surface area contributed by atoms with Gasteiger partial charge in [-0.05, 0) is 70.3 Å². The number of allylic oxidation sites excluding steroid dienone is 1. The minimum atomic E-state index is -3.13. The van der Waals surface area contributed by atoms with E-state index in [9.17, 15) is 0 Å². The molecule has 0 bridgehead atoms. The zero-order chi connectivity index (χ0) is 31.4. The number of anilines is 3. The summed E-state index contributed by atoms with van der Waals surface area (Å²) in [4.78, 5) is 6.75. The molecule has 224 valence electrons. The Hall–Kier alpha value is -5.70. The highest BCUT2D eigenvalue weighted by Gasteiger charge is 2.32. The molecule has 0 amide bonds. The molecule has 0 saturated carbocycles. The summed E-state index contributed by atoms with van der Waals surface area (Å²) in [6.07, 6.45) is 8.91. The quantitative estimate of drug-likeness (QED) is 0.179. The number of ether oxygens (including phenoxy) is 1. The minimum absolute atomic E-state index is 0.781. The topological polar surface area (TPSA) is 42.4 Å². The summed E-state index contributed by atoms with van der Waals surface area (Å²) >= 11 is 0. The standard InChI is InChI=1S/C42H29N2O2P/c45-47(34-16-3-1-4-17-34,35-18-5-2-6-19-35)36-20-8-13-30(25-36)31-22-23-40-38(26-31)44(33-15-10-24-43-28-33)39-27-32-14-7-11-29-12-9-21-37(41(29)32)42(39)46-40/h1-20,22-28H,21H2. The lowest BCUT2D eigenvalue weighted by atomic mass is 9.90. The maximum absolute atomic E-state index is 15.2. The number of fused-ring (bicyclic) bond motifs is 3. The van der Waals surface area contributed by atoms with Gasteiger partial charge in [-0.25, -0.2) is 0 Å². The number of nitrogens with zero attached hydrogens (tertiary/aromatic N) is 2. The Kier molecular flexibility index (Phi) is 6.45. The van der Waals surface area contributed by atoms with Gasteiger partial charge in [0.2, 0.25) is 0 Å². The van der Waals surface area contributed by atoms with E-state index >= 15 is 4.57 Å². The van der Waals surface area contributed by atoms with Crippen molar-refractivity contribution in [2.45, 2.75) is 6.42 Å². The molecular formula is C42H29N2O2P. The second kappa shape index (κ2) is 11.0. The number of benzene rings is 6. The lowest BCUT2D eigenvalue weighted by Gasteiger charge is -2.35. The second-order valence-electron chi connectivity index (χ2n) is 11.9. The first kappa shape index (κ1) is 27.6. The van der Waals surface area contributed by atoms with E-state index in [-0.39, 0.29) is 0 Å². The van der Waals surface area contributed by atoms with Crippen molar-refractivity contribution < 1.29 is 9.30 Å². The Labute approximate surface area is 273 Å². The zero-order valence-electron chi connectivity index (χ0n) is 25.5. The summed E-state index contributed by atoms with van der Waals surface area (Å²) in [5, 5.41) is 4.86. The van der Waals surface area contributed by atoms with E-state index in [4.69, 9.17) is 4.74 Å². The fourth-order valence-corrected chi connectivity index (χ4v) is 9.72. The van der Waals surface area contributed by atoms with Crippen molar-refractivity contribution >= 4 is 57.0 Å². The molecule has 0 N–H and O–H groups in total. The van der Waals surface area contributed by atoms with Crippen molar-refractivity contribution in [2.75, 3.05) is 4.90 Å². The predicted octanol–water partition coefficient (Wildman–Crippen LogP) is 9.69. The van der Waals surface area contributed by atoms with Crippen molar-refractivity contribution in [2.24, 2.45) is 0 Å². The molecule has 47 heavy (non-hydrogen) atoms. The average molecular weight is 625 g/mol. The molecular weight excluding hydrogens is 595 g/mol. The number of aromatic nitrogens is 1. The number of pyridine rings is 1. The third-order valence-corrected chi connectivity index (χ3v) is 12.2. The maximum atomic E-state index is 15.2. The molecule has 9 rings (SSSR count). The highest BCUT2D eigenvalue weighted by molar-refractivity contribution is 7.85. The summed E-state index contributed by atoms with van der Waals surface area (Å²) in [6, 6.07) is 46.9. The van der Waals surface area contributed by atoms with Gasteiger partial charge in [-0.15, -0.1) is 0 Å². The van der Waals surface area contributed by atoms with Crippen LogP contribution in [0, 0.1) is 0 Å². The van der Waals surface area contributed by atoms with Crippen LogP contribution in [-0.4, -0.2) is 4.98 Å². The van der Waals surface area contributed by atoms with Crippen molar-refractivity contribution in [3.63, 3.8) is 0 Å². The third kappa shape index (κ3) is 4.45. The van der Waals surface area contributed by atoms with Crippen molar-refractivity contribution in [1.29, 1.82) is 0 Å². The van der Waals surface area contributed by atoms with Crippen LogP contribution < -0.4 is 25.6 Å². The summed E-state index contributed by atoms with van der Waals surface area (Å²) in [5.74, 6) is 1.66. The predicted molar refractivity (Wildman–Crippen MR) is 194 cm³/mol. The van der Waals surface area contributed by atoms with Gasteiger partial charge >= 0.3 is 0 Å². The van der Waals surface area contributed by atoms with E-state index in [0.29, 0.717) is 0 Å². The van der Waals surface area contributed by atoms with Crippen LogP contribution in [0.1, 0.15) is 11.1 Å². The smallest absolute Gasteiger partial charge is 0.171 e. The van der Waals surface area contributed by atoms with Crippen molar-refractivity contribution in [1.82, 2.24) is 4.98 Å². The Morgan fingerprint density at radius 1 is 0.660 bits per heavy atom. The van der Waals surface area contributed by atoms with E-state index in [1.165, 1.54) is 21.9 Å². The van der Waals surface area contributed by atoms with Crippen LogP contribution in [0.4, 0.5) is 17.1 Å². The first-order chi connectivity index (χ1) is 23.2. The Morgan fingerprint density at radius 3 is 2.17 bits per heavy atom. The summed E-state index contributed by atoms with van der Waals surface area (Å²) in [5.41, 5.74) is 7.28. The normalized spacial score (nSPS) is 13.1. The number of rotatable bonds is 5. The highest BCUT2D eigenvalue weighted by Crippen LogP contribution is 2.55. The molecule has 0 radical (unpaired) electrons. The fraction of sp³-hybridized carbons (Fsp3) is 0.0238. The molecule has 4 nitrogen and oxygen atoms in total. The van der Waals surface area contributed by atoms with Gasteiger partial charge in [0.25, 0.3) is 0 Å². The second-order valence-corrected chi connectivity index (χ2v) is 14.7. The Morgan fingerprint density at radius 2 is 1.40 bits per heavy atom. The highest BCUT2D eigenvalue weighted by atomic mass is 31.2. The van der Waals surface area contributed by atoms with Gasteiger partial charge in [-0.1, -0.05) is 115 Å². The maximum Gasteiger partial charge on any atom is 0.171 e. The van der Waals surface area contributed by atoms with Gasteiger partial charge in [-0.2, -0.15) is 0 Å². The first-order valence-electron chi connectivity index (χ1n) is 15.8. The van der Waals surface area contributed by atoms with E-state index in [2.05, 4.69) is 82.7 Å². The van der Waals surface area contributed by atoms with Gasteiger partial charge in [0.05, 0.1) is 23.3 Å². The SMILES string of the molecule is O=P(c1ccccc1)(c1ccccc1)c1cccc(-c2ccc3c(c2)N(c2cccnc2)c2cc4cccc5c4c(c2O3)CC=C5)c1. The van der Waals surface area contributed by atoms with E-state index < -0.39 is 7.14 Å². The Balaban J connectivity index is 1.21. The molecule has 2 heterocycles. The molecule has 0 saturated heterocycles. The molecule has 2 aliphatic rings. The molecule has 0 fully saturated rings. The minimum Gasteiger partial charge on any atom is -0.453 e. The van der Waals surface area contributed by atoms with Crippen LogP contribution in [0.15, 0.2) is 158 Å². The van der Waals surface area contributed by atoms with Crippen molar-refractivity contribution in [3.8, 4) is 22.6 Å². The molecule has 0 atom stereocenters. The van der Waals surface area contributed by atoms with Gasteiger partial charge in [0.1, 0.15) is 0 Å². The van der Waals surface area contributed by atoms with Crippen LogP contribution in [0.25, 0.3) is 28.0 Å². The van der Waals surface area contributed by atoms with Crippen LogP contribution >= 0.6 is 7.14 Å². The molecule has 1 aliphatic heterocycles. The zero-order valence-corrected chi connectivity index (χ0v) is 26.3. The molecule has 7 aromatic rings. The van der Waals surface area contributed by atoms with Crippen LogP contribution in [0.5, 0.6) is 11.5 Å². The van der Waals surface area contributed by atoms with E-state index in [1.807, 2.05) is 85.1 Å². The monoisotopic (exact) mass is 624 g/mol. The third-order valence-electron chi connectivity index (χ3n) is 9.19. The molecule has 5 heteroatoms. The molecule has 1 aliphatic carbocycles. The van der Waals surface area contributed by atoms with Crippen LogP contribution in [0.2, 0.25) is 0 Å². The van der Waals surface area contributed by atoms with Gasteiger partial charge in [0, 0.05) is 27.7 Å². The lowest BCUT2D eigenvalue weighted by molar-refractivity contribution is 0.473. The molecule has 0 unspecified atom stereocenters. The summed E-state index contributed by atoms with van der Waals surface area (Å²) in [7, 11) is -3.13.